The molecule has 4 unspecified atom stereocenters. The minimum atomic E-state index is -1.69. The second-order valence-corrected chi connectivity index (χ2v) is 2.44. The third kappa shape index (κ3) is 1.67. The molecule has 4 nitrogen and oxygen atoms in total. The van der Waals surface area contributed by atoms with Gasteiger partial charge in [0.05, 0.1) is 6.61 Å². The molecule has 5 heteroatoms. The smallest absolute Gasteiger partial charge is 0.186 e. The van der Waals surface area contributed by atoms with Gasteiger partial charge in [0.2, 0.25) is 0 Å². The average Bonchev–Trinajstić information content (AvgIpc) is 2.01. The van der Waals surface area contributed by atoms with E-state index in [-0.39, 0.29) is 6.61 Å². The highest BCUT2D eigenvalue weighted by Gasteiger charge is 2.38. The molecule has 1 aliphatic heterocycles. The second kappa shape index (κ2) is 3.44. The number of aliphatic hydroxyl groups is 2. The van der Waals surface area contributed by atoms with Crippen LogP contribution in [0.5, 0.6) is 0 Å². The summed E-state index contributed by atoms with van der Waals surface area (Å²) in [5.74, 6) is 0. The first-order valence-corrected chi connectivity index (χ1v) is 3.31. The molecule has 0 aromatic rings. The van der Waals surface area contributed by atoms with Crippen LogP contribution in [0.2, 0.25) is 0 Å². The van der Waals surface area contributed by atoms with Gasteiger partial charge in [-0.3, -0.25) is 0 Å². The van der Waals surface area contributed by atoms with Crippen molar-refractivity contribution in [3.8, 4) is 0 Å². The zero-order valence-electron chi connectivity index (χ0n) is 6.11. The Kier molecular flexibility index (Phi) is 2.78. The number of alkyl halides is 1. The van der Waals surface area contributed by atoms with Gasteiger partial charge in [-0.1, -0.05) is 0 Å². The van der Waals surface area contributed by atoms with Crippen molar-refractivity contribution in [1.82, 2.24) is 0 Å². The average molecular weight is 166 g/mol. The Labute approximate surface area is 63.5 Å². The monoisotopic (exact) mass is 166 g/mol. The Morgan fingerprint density at radius 3 is 2.73 bits per heavy atom. The normalized spacial score (nSPS) is 45.8. The molecule has 1 rings (SSSR count). The lowest BCUT2D eigenvalue weighted by atomic mass is 10.1. The molecule has 0 amide bonds. The zero-order chi connectivity index (χ0) is 8.43. The first-order valence-electron chi connectivity index (χ1n) is 3.31. The van der Waals surface area contributed by atoms with Gasteiger partial charge in [-0.2, -0.15) is 0 Å². The van der Waals surface area contributed by atoms with Crippen LogP contribution >= 0.6 is 0 Å². The van der Waals surface area contributed by atoms with Gasteiger partial charge in [0.25, 0.3) is 0 Å². The van der Waals surface area contributed by atoms with Gasteiger partial charge in [-0.05, 0) is 0 Å². The molecule has 0 bridgehead atoms. The van der Waals surface area contributed by atoms with Gasteiger partial charge >= 0.3 is 0 Å². The minimum Gasteiger partial charge on any atom is -0.388 e. The van der Waals surface area contributed by atoms with Gasteiger partial charge in [-0.15, -0.1) is 0 Å². The van der Waals surface area contributed by atoms with E-state index in [1.54, 1.807) is 0 Å². The molecule has 2 N–H and O–H groups in total. The molecule has 11 heavy (non-hydrogen) atoms. The maximum Gasteiger partial charge on any atom is 0.186 e. The van der Waals surface area contributed by atoms with E-state index in [1.165, 1.54) is 7.11 Å². The van der Waals surface area contributed by atoms with E-state index in [0.29, 0.717) is 0 Å². The van der Waals surface area contributed by atoms with Crippen molar-refractivity contribution in [2.45, 2.75) is 24.7 Å². The topological polar surface area (TPSA) is 58.9 Å². The molecular weight excluding hydrogens is 155 g/mol. The van der Waals surface area contributed by atoms with Crippen LogP contribution in [0.4, 0.5) is 4.39 Å². The maximum atomic E-state index is 12.7. The molecule has 0 aromatic heterocycles. The van der Waals surface area contributed by atoms with Crippen LogP contribution in [0.15, 0.2) is 0 Å². The second-order valence-electron chi connectivity index (χ2n) is 2.44. The van der Waals surface area contributed by atoms with E-state index in [4.69, 9.17) is 14.9 Å². The van der Waals surface area contributed by atoms with Crippen molar-refractivity contribution < 1.29 is 24.1 Å². The summed E-state index contributed by atoms with van der Waals surface area (Å²) in [4.78, 5) is 0. The van der Waals surface area contributed by atoms with Gasteiger partial charge in [0.15, 0.2) is 12.5 Å². The van der Waals surface area contributed by atoms with E-state index in [0.717, 1.165) is 0 Å². The molecule has 1 saturated heterocycles. The number of rotatable bonds is 1. The highest BCUT2D eigenvalue weighted by molar-refractivity contribution is 4.82. The van der Waals surface area contributed by atoms with Gasteiger partial charge < -0.3 is 19.7 Å². The fourth-order valence-electron chi connectivity index (χ4n) is 0.969. The lowest BCUT2D eigenvalue weighted by Crippen LogP contribution is -2.51. The number of ether oxygens (including phenoxy) is 2. The van der Waals surface area contributed by atoms with Gasteiger partial charge in [0.1, 0.15) is 12.2 Å². The van der Waals surface area contributed by atoms with Gasteiger partial charge in [0, 0.05) is 7.11 Å². The third-order valence-corrected chi connectivity index (χ3v) is 1.64. The predicted octanol–water partition coefficient (Wildman–Crippen LogP) is -0.951. The van der Waals surface area contributed by atoms with Crippen molar-refractivity contribution >= 4 is 0 Å². The maximum absolute atomic E-state index is 12.7. The summed E-state index contributed by atoms with van der Waals surface area (Å²) < 4.78 is 22.1. The molecule has 0 aliphatic carbocycles. The summed E-state index contributed by atoms with van der Waals surface area (Å²) in [6, 6.07) is 0. The van der Waals surface area contributed by atoms with Crippen LogP contribution in [0.25, 0.3) is 0 Å². The molecule has 0 spiro atoms. The van der Waals surface area contributed by atoms with E-state index in [1.807, 2.05) is 0 Å². The minimum absolute atomic E-state index is 0.142. The molecule has 1 aliphatic rings. The van der Waals surface area contributed by atoms with Crippen LogP contribution in [-0.4, -0.2) is 48.6 Å². The van der Waals surface area contributed by atoms with Crippen molar-refractivity contribution in [2.24, 2.45) is 0 Å². The van der Waals surface area contributed by atoms with E-state index < -0.39 is 24.7 Å². The van der Waals surface area contributed by atoms with Gasteiger partial charge in [-0.25, -0.2) is 4.39 Å². The van der Waals surface area contributed by atoms with E-state index >= 15 is 0 Å². The fourth-order valence-corrected chi connectivity index (χ4v) is 0.969. The van der Waals surface area contributed by atoms with Crippen LogP contribution in [-0.2, 0) is 9.47 Å². The molecule has 0 radical (unpaired) electrons. The van der Waals surface area contributed by atoms with Crippen LogP contribution < -0.4 is 0 Å². The standard InChI is InChI=1S/C6H11FO4/c1-10-6-5(9)4(7)3(8)2-11-6/h3-6,8-9H,2H2,1H3. The molecular formula is C6H11FO4. The summed E-state index contributed by atoms with van der Waals surface area (Å²) >= 11 is 0. The Balaban J connectivity index is 2.52. The summed E-state index contributed by atoms with van der Waals surface area (Å²) in [6.45, 7) is -0.142. The zero-order valence-corrected chi connectivity index (χ0v) is 6.11. The van der Waals surface area contributed by atoms with Crippen molar-refractivity contribution in [3.05, 3.63) is 0 Å². The van der Waals surface area contributed by atoms with E-state index in [9.17, 15) is 4.39 Å². The molecule has 4 atom stereocenters. The Bertz CT molecular complexity index is 130. The first kappa shape index (κ1) is 8.86. The van der Waals surface area contributed by atoms with Crippen molar-refractivity contribution in [2.75, 3.05) is 13.7 Å². The van der Waals surface area contributed by atoms with E-state index in [2.05, 4.69) is 4.74 Å². The van der Waals surface area contributed by atoms with Crippen LogP contribution in [0.3, 0.4) is 0 Å². The SMILES string of the molecule is COC1OCC(O)C(F)C1O. The van der Waals surface area contributed by atoms with Crippen LogP contribution in [0, 0.1) is 0 Å². The highest BCUT2D eigenvalue weighted by Crippen LogP contribution is 2.18. The summed E-state index contributed by atoms with van der Waals surface area (Å²) in [5.41, 5.74) is 0. The fraction of sp³-hybridized carbons (Fsp3) is 1.00. The summed E-state index contributed by atoms with van der Waals surface area (Å²) in [5, 5.41) is 17.9. The molecule has 1 heterocycles. The highest BCUT2D eigenvalue weighted by atomic mass is 19.1. The number of halogens is 1. The summed E-state index contributed by atoms with van der Waals surface area (Å²) in [7, 11) is 1.30. The third-order valence-electron chi connectivity index (χ3n) is 1.64. The molecule has 66 valence electrons. The van der Waals surface area contributed by atoms with Crippen LogP contribution in [0.1, 0.15) is 0 Å². The lowest BCUT2D eigenvalue weighted by molar-refractivity contribution is -0.249. The molecule has 0 aromatic carbocycles. The number of methoxy groups -OCH3 is 1. The van der Waals surface area contributed by atoms with Crippen molar-refractivity contribution in [1.29, 1.82) is 0 Å². The Morgan fingerprint density at radius 1 is 1.55 bits per heavy atom. The Hall–Kier alpha value is -0.230. The number of hydrogen-bond donors (Lipinski definition) is 2. The Morgan fingerprint density at radius 2 is 2.18 bits per heavy atom. The number of aliphatic hydroxyl groups excluding tert-OH is 2. The quantitative estimate of drug-likeness (QED) is 0.527. The molecule has 1 fully saturated rings. The largest absolute Gasteiger partial charge is 0.388 e. The predicted molar refractivity (Wildman–Crippen MR) is 33.7 cm³/mol. The van der Waals surface area contributed by atoms with Crippen molar-refractivity contribution in [3.63, 3.8) is 0 Å². The molecule has 0 saturated carbocycles. The number of hydrogen-bond acceptors (Lipinski definition) is 4. The first-order chi connectivity index (χ1) is 5.16. The summed E-state index contributed by atoms with van der Waals surface area (Å²) in [6.07, 6.45) is -5.30. The lowest BCUT2D eigenvalue weighted by Gasteiger charge is -2.32.